The topological polar surface area (TPSA) is 109 Å². The molecule has 1 saturated carbocycles. The molecule has 0 unspecified atom stereocenters. The number of hydrogen-bond donors (Lipinski definition) is 1. The van der Waals surface area contributed by atoms with Gasteiger partial charge >= 0.3 is 0 Å². The molecule has 0 saturated heterocycles. The van der Waals surface area contributed by atoms with Crippen LogP contribution < -0.4 is 16.0 Å². The molecule has 4 aromatic heterocycles. The molecule has 1 aliphatic carbocycles. The average Bonchev–Trinajstić information content (AvgIpc) is 3.61. The molecule has 1 aliphatic rings. The Kier molecular flexibility index (Phi) is 6.01. The SMILES string of the molecule is Cc1cnc(-c2ccnc(C3(N)CC3)n2)cc1-n1c(C)cc(OCc2ncc(F)cc2F)c(Cl)c1=O. The van der Waals surface area contributed by atoms with Gasteiger partial charge in [-0.2, -0.15) is 0 Å². The van der Waals surface area contributed by atoms with Crippen LogP contribution in [0.3, 0.4) is 0 Å². The first-order valence-corrected chi connectivity index (χ1v) is 11.5. The maximum atomic E-state index is 13.9. The maximum Gasteiger partial charge on any atom is 0.277 e. The number of hydrogen-bond acceptors (Lipinski definition) is 7. The van der Waals surface area contributed by atoms with E-state index in [2.05, 4.69) is 19.9 Å². The number of pyridine rings is 3. The van der Waals surface area contributed by atoms with Crippen molar-refractivity contribution in [2.45, 2.75) is 38.8 Å². The molecule has 0 aromatic carbocycles. The Labute approximate surface area is 209 Å². The number of nitrogens with zero attached hydrogens (tertiary/aromatic N) is 5. The number of ether oxygens (including phenoxy) is 1. The van der Waals surface area contributed by atoms with Gasteiger partial charge in [-0.05, 0) is 44.4 Å². The van der Waals surface area contributed by atoms with Gasteiger partial charge < -0.3 is 10.5 Å². The Morgan fingerprint density at radius 1 is 1.11 bits per heavy atom. The van der Waals surface area contributed by atoms with E-state index in [9.17, 15) is 13.6 Å². The van der Waals surface area contributed by atoms with Crippen LogP contribution in [-0.2, 0) is 12.1 Å². The summed E-state index contributed by atoms with van der Waals surface area (Å²) < 4.78 is 34.0. The molecule has 5 rings (SSSR count). The van der Waals surface area contributed by atoms with E-state index in [1.54, 1.807) is 37.5 Å². The molecule has 0 aliphatic heterocycles. The van der Waals surface area contributed by atoms with Gasteiger partial charge in [-0.15, -0.1) is 0 Å². The molecule has 4 heterocycles. The average molecular weight is 511 g/mol. The van der Waals surface area contributed by atoms with Crippen LogP contribution in [0.4, 0.5) is 8.78 Å². The van der Waals surface area contributed by atoms with E-state index in [0.29, 0.717) is 34.7 Å². The summed E-state index contributed by atoms with van der Waals surface area (Å²) in [7, 11) is 0. The number of aryl methyl sites for hydroxylation is 2. The van der Waals surface area contributed by atoms with Gasteiger partial charge in [-0.3, -0.25) is 19.3 Å². The van der Waals surface area contributed by atoms with Crippen LogP contribution in [0.1, 0.15) is 35.6 Å². The van der Waals surface area contributed by atoms with E-state index < -0.39 is 22.7 Å². The molecule has 0 amide bonds. The quantitative estimate of drug-likeness (QED) is 0.415. The minimum atomic E-state index is -0.855. The molecule has 4 aromatic rings. The number of nitrogens with two attached hydrogens (primary N) is 1. The molecular weight excluding hydrogens is 490 g/mol. The number of aromatic nitrogens is 5. The minimum Gasteiger partial charge on any atom is -0.485 e. The fraction of sp³-hybridized carbons (Fsp3) is 0.240. The van der Waals surface area contributed by atoms with Crippen molar-refractivity contribution in [2.24, 2.45) is 5.73 Å². The predicted molar refractivity (Wildman–Crippen MR) is 129 cm³/mol. The molecule has 1 fully saturated rings. The molecule has 0 radical (unpaired) electrons. The second kappa shape index (κ2) is 9.03. The van der Waals surface area contributed by atoms with Gasteiger partial charge in [0.15, 0.2) is 5.82 Å². The normalized spacial score (nSPS) is 14.1. The fourth-order valence-electron chi connectivity index (χ4n) is 3.77. The summed E-state index contributed by atoms with van der Waals surface area (Å²) >= 11 is 6.36. The lowest BCUT2D eigenvalue weighted by Crippen LogP contribution is -2.23. The Hall–Kier alpha value is -3.76. The molecule has 36 heavy (non-hydrogen) atoms. The van der Waals surface area contributed by atoms with E-state index in [1.165, 1.54) is 4.57 Å². The van der Waals surface area contributed by atoms with E-state index in [0.717, 1.165) is 24.6 Å². The summed E-state index contributed by atoms with van der Waals surface area (Å²) in [4.78, 5) is 30.3. The largest absolute Gasteiger partial charge is 0.485 e. The summed E-state index contributed by atoms with van der Waals surface area (Å²) in [6, 6.07) is 5.76. The lowest BCUT2D eigenvalue weighted by Gasteiger charge is -2.17. The lowest BCUT2D eigenvalue weighted by molar-refractivity contribution is 0.292. The van der Waals surface area contributed by atoms with Crippen molar-refractivity contribution in [3.63, 3.8) is 0 Å². The second-order valence-electron chi connectivity index (χ2n) is 8.75. The highest BCUT2D eigenvalue weighted by Crippen LogP contribution is 2.41. The van der Waals surface area contributed by atoms with Crippen LogP contribution >= 0.6 is 11.6 Å². The fourth-order valence-corrected chi connectivity index (χ4v) is 3.97. The van der Waals surface area contributed by atoms with Crippen molar-refractivity contribution >= 4 is 11.6 Å². The van der Waals surface area contributed by atoms with Gasteiger partial charge in [0, 0.05) is 30.2 Å². The number of halogens is 3. The maximum absolute atomic E-state index is 13.9. The summed E-state index contributed by atoms with van der Waals surface area (Å²) in [5, 5.41) is -0.191. The van der Waals surface area contributed by atoms with Crippen molar-refractivity contribution < 1.29 is 13.5 Å². The molecule has 8 nitrogen and oxygen atoms in total. The third kappa shape index (κ3) is 4.45. The van der Waals surface area contributed by atoms with Gasteiger partial charge in [-0.1, -0.05) is 11.6 Å². The lowest BCUT2D eigenvalue weighted by atomic mass is 10.1. The minimum absolute atomic E-state index is 0.0611. The highest BCUT2D eigenvalue weighted by molar-refractivity contribution is 6.31. The Balaban J connectivity index is 1.50. The smallest absolute Gasteiger partial charge is 0.277 e. The number of rotatable bonds is 6. The molecule has 184 valence electrons. The Morgan fingerprint density at radius 3 is 2.61 bits per heavy atom. The van der Waals surface area contributed by atoms with Crippen molar-refractivity contribution in [3.8, 4) is 22.8 Å². The monoisotopic (exact) mass is 510 g/mol. The van der Waals surface area contributed by atoms with Crippen molar-refractivity contribution in [1.82, 2.24) is 24.5 Å². The summed E-state index contributed by atoms with van der Waals surface area (Å²) in [5.74, 6) is -1.03. The van der Waals surface area contributed by atoms with E-state index in [-0.39, 0.29) is 23.1 Å². The van der Waals surface area contributed by atoms with Crippen molar-refractivity contribution in [2.75, 3.05) is 0 Å². The standard InChI is InChI=1S/C25H21ClF2N6O2/c1-13-10-31-18(17-3-6-30-24(33-17)25(29)4-5-25)9-20(13)34-14(2)7-21(22(26)23(34)35)36-12-19-16(28)8-15(27)11-32-19/h3,6-11H,4-5,12,29H2,1-2H3. The van der Waals surface area contributed by atoms with Crippen LogP contribution in [0.5, 0.6) is 5.75 Å². The van der Waals surface area contributed by atoms with Gasteiger partial charge in [0.25, 0.3) is 5.56 Å². The molecule has 0 atom stereocenters. The third-order valence-corrected chi connectivity index (χ3v) is 6.36. The van der Waals surface area contributed by atoms with Crippen LogP contribution in [0.15, 0.2) is 47.7 Å². The highest BCUT2D eigenvalue weighted by atomic mass is 35.5. The Morgan fingerprint density at radius 2 is 1.89 bits per heavy atom. The second-order valence-corrected chi connectivity index (χ2v) is 9.13. The first-order chi connectivity index (χ1) is 17.2. The van der Waals surface area contributed by atoms with Gasteiger partial charge in [0.05, 0.1) is 28.8 Å². The molecule has 0 bridgehead atoms. The molecular formula is C25H21ClF2N6O2. The molecule has 11 heteroatoms. The highest BCUT2D eigenvalue weighted by Gasteiger charge is 2.43. The zero-order chi connectivity index (χ0) is 25.6. The first kappa shape index (κ1) is 24.0. The van der Waals surface area contributed by atoms with Crippen LogP contribution in [0.2, 0.25) is 5.02 Å². The molecule has 2 N–H and O–H groups in total. The van der Waals surface area contributed by atoms with Crippen LogP contribution in [-0.4, -0.2) is 24.5 Å². The Bertz CT molecular complexity index is 1550. The third-order valence-electron chi connectivity index (χ3n) is 6.02. The predicted octanol–water partition coefficient (Wildman–Crippen LogP) is 4.16. The van der Waals surface area contributed by atoms with E-state index >= 15 is 0 Å². The van der Waals surface area contributed by atoms with Gasteiger partial charge in [0.2, 0.25) is 0 Å². The summed E-state index contributed by atoms with van der Waals surface area (Å²) in [6.45, 7) is 3.21. The molecule has 0 spiro atoms. The van der Waals surface area contributed by atoms with Crippen molar-refractivity contribution in [1.29, 1.82) is 0 Å². The van der Waals surface area contributed by atoms with Gasteiger partial charge in [-0.25, -0.2) is 18.7 Å². The first-order valence-electron chi connectivity index (χ1n) is 11.1. The zero-order valence-electron chi connectivity index (χ0n) is 19.4. The van der Waals surface area contributed by atoms with Gasteiger partial charge in [0.1, 0.15) is 34.7 Å². The van der Waals surface area contributed by atoms with Crippen LogP contribution in [0.25, 0.3) is 17.1 Å². The van der Waals surface area contributed by atoms with Crippen molar-refractivity contribution in [3.05, 3.63) is 92.6 Å². The summed E-state index contributed by atoms with van der Waals surface area (Å²) in [5.41, 5.74) is 8.07. The van der Waals surface area contributed by atoms with E-state index in [1.807, 2.05) is 6.92 Å². The van der Waals surface area contributed by atoms with Crippen LogP contribution in [0, 0.1) is 25.5 Å². The zero-order valence-corrected chi connectivity index (χ0v) is 20.2. The summed E-state index contributed by atoms with van der Waals surface area (Å²) in [6.07, 6.45) is 5.83. The van der Waals surface area contributed by atoms with E-state index in [4.69, 9.17) is 22.1 Å².